The Hall–Kier alpha value is -3.11. The Labute approximate surface area is 195 Å². The number of aromatic nitrogens is 3. The maximum absolute atomic E-state index is 12.4. The maximum atomic E-state index is 12.4. The summed E-state index contributed by atoms with van der Waals surface area (Å²) in [7, 11) is 0. The summed E-state index contributed by atoms with van der Waals surface area (Å²) in [6.07, 6.45) is 2.14. The molecule has 0 fully saturated rings. The molecule has 3 aromatic rings. The monoisotopic (exact) mass is 472 g/mol. The molecule has 0 unspecified atom stereocenters. The van der Waals surface area contributed by atoms with Crippen LogP contribution in [0.5, 0.6) is 0 Å². The zero-order valence-electron chi connectivity index (χ0n) is 19.0. The Morgan fingerprint density at radius 1 is 1.15 bits per heavy atom. The van der Waals surface area contributed by atoms with E-state index in [9.17, 15) is 14.4 Å². The summed E-state index contributed by atoms with van der Waals surface area (Å²) in [5, 5.41) is 7.87. The van der Waals surface area contributed by atoms with Gasteiger partial charge in [-0.25, -0.2) is 9.78 Å². The molecule has 0 aliphatic heterocycles. The average molecular weight is 473 g/mol. The quantitative estimate of drug-likeness (QED) is 0.336. The molecule has 0 bridgehead atoms. The molecule has 176 valence electrons. The van der Waals surface area contributed by atoms with Crippen LogP contribution < -0.4 is 10.9 Å². The molecule has 0 saturated carbocycles. The predicted molar refractivity (Wildman–Crippen MR) is 126 cm³/mol. The topological polar surface area (TPSA) is 112 Å². The number of esters is 1. The van der Waals surface area contributed by atoms with Crippen molar-refractivity contribution < 1.29 is 19.1 Å². The molecular formula is C23H28N4O5S. The number of hydrogen-bond donors (Lipinski definition) is 1. The second-order valence-electron chi connectivity index (χ2n) is 7.38. The van der Waals surface area contributed by atoms with E-state index in [-0.39, 0.29) is 24.0 Å². The lowest BCUT2D eigenvalue weighted by atomic mass is 10.0. The van der Waals surface area contributed by atoms with E-state index in [1.54, 1.807) is 24.3 Å². The first kappa shape index (κ1) is 24.5. The van der Waals surface area contributed by atoms with Crippen LogP contribution in [0, 0.1) is 5.92 Å². The SMILES string of the molecule is CCOCCc1nn2c(=O)cc(COC(=O)c3ccc(NC(=O)C(CC)CC)cc3)nc2s1. The number of ether oxygens (including phenoxy) is 2. The lowest BCUT2D eigenvalue weighted by Gasteiger charge is -2.13. The summed E-state index contributed by atoms with van der Waals surface area (Å²) in [4.78, 5) is 41.8. The number of amides is 1. The molecule has 3 rings (SSSR count). The van der Waals surface area contributed by atoms with E-state index in [0.717, 1.165) is 17.8 Å². The van der Waals surface area contributed by atoms with Crippen LogP contribution in [-0.4, -0.2) is 39.7 Å². The van der Waals surface area contributed by atoms with Gasteiger partial charge < -0.3 is 14.8 Å². The lowest BCUT2D eigenvalue weighted by molar-refractivity contribution is -0.120. The smallest absolute Gasteiger partial charge is 0.338 e. The van der Waals surface area contributed by atoms with Gasteiger partial charge in [0, 0.05) is 30.7 Å². The third-order valence-electron chi connectivity index (χ3n) is 5.10. The summed E-state index contributed by atoms with van der Waals surface area (Å²) in [6.45, 7) is 6.88. The highest BCUT2D eigenvalue weighted by atomic mass is 32.1. The summed E-state index contributed by atoms with van der Waals surface area (Å²) >= 11 is 1.30. The standard InChI is InChI=1S/C23H28N4O5S/c1-4-15(5-2)21(29)24-17-9-7-16(8-10-17)22(30)32-14-18-13-20(28)27-23(25-18)33-19(26-27)11-12-31-6-3/h7-10,13,15H,4-6,11-12,14H2,1-3H3,(H,24,29). The van der Waals surface area contributed by atoms with Gasteiger partial charge in [0.2, 0.25) is 10.9 Å². The van der Waals surface area contributed by atoms with Gasteiger partial charge in [0.05, 0.1) is 17.9 Å². The van der Waals surface area contributed by atoms with Crippen molar-refractivity contribution in [3.63, 3.8) is 0 Å². The summed E-state index contributed by atoms with van der Waals surface area (Å²) in [5.74, 6) is -0.619. The Morgan fingerprint density at radius 2 is 1.88 bits per heavy atom. The minimum atomic E-state index is -0.545. The molecule has 1 aromatic carbocycles. The minimum Gasteiger partial charge on any atom is -0.456 e. The first-order valence-corrected chi connectivity index (χ1v) is 11.8. The molecule has 33 heavy (non-hydrogen) atoms. The van der Waals surface area contributed by atoms with Crippen LogP contribution in [-0.2, 0) is 27.3 Å². The summed E-state index contributed by atoms with van der Waals surface area (Å²) < 4.78 is 11.9. The fourth-order valence-electron chi connectivity index (χ4n) is 3.19. The van der Waals surface area contributed by atoms with E-state index in [4.69, 9.17) is 9.47 Å². The van der Waals surface area contributed by atoms with Gasteiger partial charge >= 0.3 is 5.97 Å². The van der Waals surface area contributed by atoms with Gasteiger partial charge in [0.15, 0.2) is 0 Å². The molecular weight excluding hydrogens is 444 g/mol. The van der Waals surface area contributed by atoms with Crippen LogP contribution in [0.15, 0.2) is 35.1 Å². The van der Waals surface area contributed by atoms with Gasteiger partial charge in [-0.3, -0.25) is 9.59 Å². The largest absolute Gasteiger partial charge is 0.456 e. The zero-order chi connectivity index (χ0) is 23.8. The van der Waals surface area contributed by atoms with Crippen LogP contribution in [0.1, 0.15) is 54.7 Å². The van der Waals surface area contributed by atoms with Gasteiger partial charge in [-0.2, -0.15) is 9.61 Å². The molecule has 0 atom stereocenters. The first-order valence-electron chi connectivity index (χ1n) is 11.0. The molecule has 1 amide bonds. The van der Waals surface area contributed by atoms with E-state index < -0.39 is 5.97 Å². The highest BCUT2D eigenvalue weighted by Crippen LogP contribution is 2.16. The number of nitrogens with one attached hydrogen (secondary N) is 1. The first-order chi connectivity index (χ1) is 15.9. The van der Waals surface area contributed by atoms with Gasteiger partial charge in [-0.1, -0.05) is 25.2 Å². The van der Waals surface area contributed by atoms with Crippen molar-refractivity contribution in [2.75, 3.05) is 18.5 Å². The van der Waals surface area contributed by atoms with Gasteiger partial charge in [0.1, 0.15) is 11.6 Å². The fourth-order valence-corrected chi connectivity index (χ4v) is 4.09. The van der Waals surface area contributed by atoms with Crippen molar-refractivity contribution in [1.29, 1.82) is 0 Å². The number of fused-ring (bicyclic) bond motifs is 1. The number of rotatable bonds is 11. The highest BCUT2D eigenvalue weighted by Gasteiger charge is 2.15. The Bertz CT molecular complexity index is 1150. The maximum Gasteiger partial charge on any atom is 0.338 e. The van der Waals surface area contributed by atoms with E-state index in [0.29, 0.717) is 41.5 Å². The molecule has 9 nitrogen and oxygen atoms in total. The number of anilines is 1. The van der Waals surface area contributed by atoms with Crippen LogP contribution in [0.3, 0.4) is 0 Å². The normalized spacial score (nSPS) is 11.2. The predicted octanol–water partition coefficient (Wildman–Crippen LogP) is 3.46. The van der Waals surface area contributed by atoms with Crippen LogP contribution in [0.4, 0.5) is 5.69 Å². The number of benzene rings is 1. The fraction of sp³-hybridized carbons (Fsp3) is 0.435. The Kier molecular flexibility index (Phi) is 8.67. The third kappa shape index (κ3) is 6.45. The molecule has 0 aliphatic carbocycles. The Balaban J connectivity index is 1.60. The molecule has 10 heteroatoms. The van der Waals surface area contributed by atoms with Crippen molar-refractivity contribution in [3.8, 4) is 0 Å². The average Bonchev–Trinajstić information content (AvgIpc) is 3.22. The van der Waals surface area contributed by atoms with E-state index >= 15 is 0 Å². The highest BCUT2D eigenvalue weighted by molar-refractivity contribution is 7.16. The van der Waals surface area contributed by atoms with E-state index in [1.807, 2.05) is 20.8 Å². The number of hydrogen-bond acceptors (Lipinski definition) is 8. The minimum absolute atomic E-state index is 0.0350. The molecule has 2 heterocycles. The van der Waals surface area contributed by atoms with Crippen LogP contribution >= 0.6 is 11.3 Å². The van der Waals surface area contributed by atoms with E-state index in [1.165, 1.54) is 21.9 Å². The van der Waals surface area contributed by atoms with Gasteiger partial charge in [0.25, 0.3) is 5.56 Å². The van der Waals surface area contributed by atoms with Crippen molar-refractivity contribution in [3.05, 3.63) is 57.0 Å². The van der Waals surface area contributed by atoms with Crippen molar-refractivity contribution in [2.45, 2.75) is 46.6 Å². The molecule has 0 saturated heterocycles. The second-order valence-corrected chi connectivity index (χ2v) is 8.42. The number of nitrogens with zero attached hydrogens (tertiary/aromatic N) is 3. The Morgan fingerprint density at radius 3 is 2.55 bits per heavy atom. The molecule has 2 aromatic heterocycles. The lowest BCUT2D eigenvalue weighted by Crippen LogP contribution is -2.21. The van der Waals surface area contributed by atoms with Crippen molar-refractivity contribution in [1.82, 2.24) is 14.6 Å². The van der Waals surface area contributed by atoms with Crippen molar-refractivity contribution in [2.24, 2.45) is 5.92 Å². The van der Waals surface area contributed by atoms with Crippen LogP contribution in [0.25, 0.3) is 4.96 Å². The molecule has 0 radical (unpaired) electrons. The zero-order valence-corrected chi connectivity index (χ0v) is 19.8. The third-order valence-corrected chi connectivity index (χ3v) is 6.07. The second kappa shape index (κ2) is 11.7. The van der Waals surface area contributed by atoms with Gasteiger partial charge in [-0.05, 0) is 44.0 Å². The molecule has 1 N–H and O–H groups in total. The summed E-state index contributed by atoms with van der Waals surface area (Å²) in [5.41, 5.74) is 0.975. The summed E-state index contributed by atoms with van der Waals surface area (Å²) in [6, 6.07) is 7.81. The van der Waals surface area contributed by atoms with Gasteiger partial charge in [-0.15, -0.1) is 0 Å². The van der Waals surface area contributed by atoms with Crippen LogP contribution in [0.2, 0.25) is 0 Å². The molecule has 0 aliphatic rings. The van der Waals surface area contributed by atoms with Crippen molar-refractivity contribution >= 4 is 33.9 Å². The molecule has 0 spiro atoms. The number of carbonyl (C=O) groups is 2. The number of carbonyl (C=O) groups excluding carboxylic acids is 2. The van der Waals surface area contributed by atoms with E-state index in [2.05, 4.69) is 15.4 Å².